The number of likely N-dealkylation sites (N-methyl/N-ethyl adjacent to an activating group) is 1. The summed E-state index contributed by atoms with van der Waals surface area (Å²) < 4.78 is 1.69. The first-order chi connectivity index (χ1) is 10.8. The van der Waals surface area contributed by atoms with Gasteiger partial charge in [0.1, 0.15) is 6.04 Å². The van der Waals surface area contributed by atoms with Crippen molar-refractivity contribution in [1.82, 2.24) is 20.4 Å². The molecule has 0 saturated carbocycles. The van der Waals surface area contributed by atoms with Gasteiger partial charge in [-0.2, -0.15) is 5.10 Å². The molecule has 0 spiro atoms. The quantitative estimate of drug-likeness (QED) is 0.890. The van der Waals surface area contributed by atoms with Crippen LogP contribution >= 0.6 is 0 Å². The minimum Gasteiger partial charge on any atom is -0.350 e. The lowest BCUT2D eigenvalue weighted by atomic mass is 9.87. The van der Waals surface area contributed by atoms with Crippen molar-refractivity contribution in [1.29, 1.82) is 0 Å². The van der Waals surface area contributed by atoms with Crippen LogP contribution in [-0.2, 0) is 23.8 Å². The number of nitrogens with one attached hydrogen (secondary N) is 2. The first-order valence-electron chi connectivity index (χ1n) is 7.84. The summed E-state index contributed by atoms with van der Waals surface area (Å²) in [5.74, 6) is -0.0552. The molecule has 1 aromatic heterocycles. The van der Waals surface area contributed by atoms with Crippen LogP contribution in [0.5, 0.6) is 0 Å². The van der Waals surface area contributed by atoms with Gasteiger partial charge in [-0.1, -0.05) is 45.0 Å². The van der Waals surface area contributed by atoms with Gasteiger partial charge in [0.25, 0.3) is 0 Å². The Morgan fingerprint density at radius 3 is 2.39 bits per heavy atom. The molecule has 0 aliphatic rings. The molecule has 124 valence electrons. The molecule has 2 aromatic rings. The highest BCUT2D eigenvalue weighted by atomic mass is 16.2. The zero-order valence-corrected chi connectivity index (χ0v) is 14.6. The van der Waals surface area contributed by atoms with Crippen LogP contribution in [0.4, 0.5) is 0 Å². The number of carbonyl (C=O) groups excluding carboxylic acids is 1. The molecular weight excluding hydrogens is 288 g/mol. The van der Waals surface area contributed by atoms with Gasteiger partial charge < -0.3 is 10.6 Å². The summed E-state index contributed by atoms with van der Waals surface area (Å²) in [4.78, 5) is 12.4. The second kappa shape index (κ2) is 6.96. The Morgan fingerprint density at radius 2 is 1.91 bits per heavy atom. The average molecular weight is 314 g/mol. The Balaban J connectivity index is 1.98. The maximum absolute atomic E-state index is 12.4. The first kappa shape index (κ1) is 17.2. The van der Waals surface area contributed by atoms with Crippen LogP contribution in [0.15, 0.2) is 36.7 Å². The van der Waals surface area contributed by atoms with E-state index in [1.165, 1.54) is 5.56 Å². The van der Waals surface area contributed by atoms with Crippen molar-refractivity contribution in [2.45, 2.75) is 38.8 Å². The van der Waals surface area contributed by atoms with Gasteiger partial charge >= 0.3 is 0 Å². The molecule has 1 unspecified atom stereocenters. The van der Waals surface area contributed by atoms with E-state index in [1.54, 1.807) is 17.9 Å². The summed E-state index contributed by atoms with van der Waals surface area (Å²) in [6.45, 7) is 7.08. The summed E-state index contributed by atoms with van der Waals surface area (Å²) in [5.41, 5.74) is 3.37. The predicted molar refractivity (Wildman–Crippen MR) is 92.0 cm³/mol. The van der Waals surface area contributed by atoms with Crippen LogP contribution in [0.2, 0.25) is 0 Å². The lowest BCUT2D eigenvalue weighted by Gasteiger charge is -2.19. The lowest BCUT2D eigenvalue weighted by molar-refractivity contribution is -0.123. The molecule has 2 rings (SSSR count). The Kier molecular flexibility index (Phi) is 5.21. The molecule has 5 heteroatoms. The van der Waals surface area contributed by atoms with Gasteiger partial charge in [-0.25, -0.2) is 0 Å². The van der Waals surface area contributed by atoms with E-state index in [-0.39, 0.29) is 11.3 Å². The third-order valence-corrected chi connectivity index (χ3v) is 3.90. The Morgan fingerprint density at radius 1 is 1.26 bits per heavy atom. The van der Waals surface area contributed by atoms with Crippen LogP contribution in [0.1, 0.15) is 43.5 Å². The van der Waals surface area contributed by atoms with Crippen LogP contribution in [0, 0.1) is 0 Å². The number of aryl methyl sites for hydroxylation is 1. The largest absolute Gasteiger partial charge is 0.350 e. The first-order valence-corrected chi connectivity index (χ1v) is 7.84. The molecule has 2 N–H and O–H groups in total. The van der Waals surface area contributed by atoms with Crippen molar-refractivity contribution in [3.8, 4) is 0 Å². The number of hydrogen-bond acceptors (Lipinski definition) is 3. The molecule has 0 bridgehead atoms. The Bertz CT molecular complexity index is 652. The average Bonchev–Trinajstić information content (AvgIpc) is 2.91. The van der Waals surface area contributed by atoms with Crippen LogP contribution in [-0.4, -0.2) is 22.7 Å². The molecule has 1 heterocycles. The van der Waals surface area contributed by atoms with Crippen LogP contribution in [0.25, 0.3) is 0 Å². The molecule has 23 heavy (non-hydrogen) atoms. The van der Waals surface area contributed by atoms with E-state index in [1.807, 2.05) is 13.2 Å². The van der Waals surface area contributed by atoms with Crippen molar-refractivity contribution >= 4 is 5.91 Å². The number of amides is 1. The standard InChI is InChI=1S/C18H26N4O/c1-18(2,3)15-8-6-13(7-9-15)10-20-17(23)16(19-4)14-11-21-22(5)12-14/h6-9,11-12,16,19H,10H2,1-5H3,(H,20,23). The van der Waals surface area contributed by atoms with Gasteiger partial charge in [0.2, 0.25) is 5.91 Å². The van der Waals surface area contributed by atoms with Crippen molar-refractivity contribution in [3.63, 3.8) is 0 Å². The number of benzene rings is 1. The van der Waals surface area contributed by atoms with E-state index in [9.17, 15) is 4.79 Å². The summed E-state index contributed by atoms with van der Waals surface area (Å²) in [6, 6.07) is 7.99. The normalized spacial score (nSPS) is 12.9. The fraction of sp³-hybridized carbons (Fsp3) is 0.444. The van der Waals surface area contributed by atoms with Crippen molar-refractivity contribution in [3.05, 3.63) is 53.3 Å². The monoisotopic (exact) mass is 314 g/mol. The molecular formula is C18H26N4O. The number of nitrogens with zero attached hydrogens (tertiary/aromatic N) is 2. The van der Waals surface area contributed by atoms with Crippen LogP contribution < -0.4 is 10.6 Å². The number of hydrogen-bond donors (Lipinski definition) is 2. The zero-order valence-electron chi connectivity index (χ0n) is 14.6. The topological polar surface area (TPSA) is 59.0 Å². The van der Waals surface area contributed by atoms with Crippen molar-refractivity contribution in [2.75, 3.05) is 7.05 Å². The molecule has 0 aliphatic heterocycles. The van der Waals surface area contributed by atoms with Gasteiger partial charge in [-0.3, -0.25) is 9.48 Å². The maximum Gasteiger partial charge on any atom is 0.242 e. The van der Waals surface area contributed by atoms with E-state index in [2.05, 4.69) is 60.8 Å². The highest BCUT2D eigenvalue weighted by molar-refractivity contribution is 5.83. The SMILES string of the molecule is CNC(C(=O)NCc1ccc(C(C)(C)C)cc1)c1cnn(C)c1. The van der Waals surface area contributed by atoms with Gasteiger partial charge in [0, 0.05) is 25.4 Å². The Labute approximate surface area is 138 Å². The number of rotatable bonds is 5. The van der Waals surface area contributed by atoms with E-state index in [4.69, 9.17) is 0 Å². The second-order valence-electron chi connectivity index (χ2n) is 6.83. The maximum atomic E-state index is 12.4. The highest BCUT2D eigenvalue weighted by Crippen LogP contribution is 2.22. The zero-order chi connectivity index (χ0) is 17.0. The minimum absolute atomic E-state index is 0.0552. The van der Waals surface area contributed by atoms with E-state index in [0.717, 1.165) is 11.1 Å². The highest BCUT2D eigenvalue weighted by Gasteiger charge is 2.19. The number of carbonyl (C=O) groups is 1. The van der Waals surface area contributed by atoms with Gasteiger partial charge in [-0.05, 0) is 23.6 Å². The van der Waals surface area contributed by atoms with Gasteiger partial charge in [-0.15, -0.1) is 0 Å². The minimum atomic E-state index is -0.391. The molecule has 1 amide bonds. The third kappa shape index (κ3) is 4.42. The van der Waals surface area contributed by atoms with Crippen LogP contribution in [0.3, 0.4) is 0 Å². The Hall–Kier alpha value is -2.14. The molecule has 0 fully saturated rings. The molecule has 0 aliphatic carbocycles. The van der Waals surface area contributed by atoms with Gasteiger partial charge in [0.15, 0.2) is 0 Å². The summed E-state index contributed by atoms with van der Waals surface area (Å²) >= 11 is 0. The molecule has 0 saturated heterocycles. The smallest absolute Gasteiger partial charge is 0.242 e. The number of aromatic nitrogens is 2. The molecule has 1 aromatic carbocycles. The van der Waals surface area contributed by atoms with E-state index < -0.39 is 6.04 Å². The summed E-state index contributed by atoms with van der Waals surface area (Å²) in [5, 5.41) is 10.1. The molecule has 0 radical (unpaired) electrons. The van der Waals surface area contributed by atoms with E-state index >= 15 is 0 Å². The fourth-order valence-corrected chi connectivity index (χ4v) is 2.45. The van der Waals surface area contributed by atoms with Gasteiger partial charge in [0.05, 0.1) is 6.20 Å². The van der Waals surface area contributed by atoms with E-state index in [0.29, 0.717) is 6.54 Å². The predicted octanol–water partition coefficient (Wildman–Crippen LogP) is 2.29. The second-order valence-corrected chi connectivity index (χ2v) is 6.83. The molecule has 5 nitrogen and oxygen atoms in total. The van der Waals surface area contributed by atoms with Crippen molar-refractivity contribution < 1.29 is 4.79 Å². The fourth-order valence-electron chi connectivity index (χ4n) is 2.45. The third-order valence-electron chi connectivity index (χ3n) is 3.90. The van der Waals surface area contributed by atoms with Crippen molar-refractivity contribution in [2.24, 2.45) is 7.05 Å². The molecule has 1 atom stereocenters. The lowest BCUT2D eigenvalue weighted by Crippen LogP contribution is -2.35. The summed E-state index contributed by atoms with van der Waals surface area (Å²) in [7, 11) is 3.61. The summed E-state index contributed by atoms with van der Waals surface area (Å²) in [6.07, 6.45) is 3.55.